The lowest BCUT2D eigenvalue weighted by molar-refractivity contribution is -0.384. The Morgan fingerprint density at radius 2 is 2.08 bits per heavy atom. The van der Waals surface area contributed by atoms with Gasteiger partial charge in [-0.2, -0.15) is 0 Å². The highest BCUT2D eigenvalue weighted by molar-refractivity contribution is 6.01. The number of anilines is 1. The minimum atomic E-state index is -0.493. The first-order valence-electron chi connectivity index (χ1n) is 7.16. The van der Waals surface area contributed by atoms with E-state index in [1.165, 1.54) is 24.3 Å². The van der Waals surface area contributed by atoms with Gasteiger partial charge in [-0.1, -0.05) is 18.2 Å². The number of para-hydroxylation sites is 1. The van der Waals surface area contributed by atoms with Crippen LogP contribution in [0.1, 0.15) is 6.92 Å². The average molecular weight is 323 g/mol. The average Bonchev–Trinajstić information content (AvgIpc) is 2.98. The van der Waals surface area contributed by atoms with Gasteiger partial charge in [-0.3, -0.25) is 14.9 Å². The SMILES string of the molecule is CC=CC(=O)Nc1ccccc1-c1nc2ccc([N+](=O)[O-])cc2o1. The molecule has 0 fully saturated rings. The molecule has 0 aliphatic heterocycles. The minimum absolute atomic E-state index is 0.0696. The summed E-state index contributed by atoms with van der Waals surface area (Å²) in [6.45, 7) is 1.75. The van der Waals surface area contributed by atoms with E-state index in [1.54, 1.807) is 37.3 Å². The monoisotopic (exact) mass is 323 g/mol. The molecule has 0 spiro atoms. The van der Waals surface area contributed by atoms with Crippen LogP contribution in [0.4, 0.5) is 11.4 Å². The molecule has 0 saturated carbocycles. The lowest BCUT2D eigenvalue weighted by Gasteiger charge is -2.06. The number of nitrogens with zero attached hydrogens (tertiary/aromatic N) is 2. The molecular formula is C17H13N3O4. The van der Waals surface area contributed by atoms with Crippen molar-refractivity contribution < 1.29 is 14.1 Å². The fourth-order valence-corrected chi connectivity index (χ4v) is 2.25. The highest BCUT2D eigenvalue weighted by Crippen LogP contribution is 2.31. The van der Waals surface area contributed by atoms with Gasteiger partial charge in [-0.25, -0.2) is 4.98 Å². The molecule has 3 aromatic rings. The van der Waals surface area contributed by atoms with Crippen molar-refractivity contribution in [3.63, 3.8) is 0 Å². The number of nitrogens with one attached hydrogen (secondary N) is 1. The normalized spacial score (nSPS) is 11.0. The number of rotatable bonds is 4. The first kappa shape index (κ1) is 15.4. The van der Waals surface area contributed by atoms with Gasteiger partial charge in [-0.05, 0) is 31.2 Å². The van der Waals surface area contributed by atoms with Crippen LogP contribution in [0.5, 0.6) is 0 Å². The summed E-state index contributed by atoms with van der Waals surface area (Å²) in [7, 11) is 0. The van der Waals surface area contributed by atoms with Crippen molar-refractivity contribution in [1.29, 1.82) is 0 Å². The van der Waals surface area contributed by atoms with Crippen LogP contribution in [-0.2, 0) is 4.79 Å². The summed E-state index contributed by atoms with van der Waals surface area (Å²) in [6, 6.07) is 11.3. The van der Waals surface area contributed by atoms with Crippen LogP contribution in [0.15, 0.2) is 59.0 Å². The zero-order chi connectivity index (χ0) is 17.1. The number of allylic oxidation sites excluding steroid dienone is 1. The molecule has 1 amide bonds. The van der Waals surface area contributed by atoms with Crippen molar-refractivity contribution in [2.45, 2.75) is 6.92 Å². The van der Waals surface area contributed by atoms with Crippen molar-refractivity contribution in [2.75, 3.05) is 5.32 Å². The number of hydrogen-bond acceptors (Lipinski definition) is 5. The van der Waals surface area contributed by atoms with Gasteiger partial charge >= 0.3 is 0 Å². The van der Waals surface area contributed by atoms with E-state index in [1.807, 2.05) is 0 Å². The quantitative estimate of drug-likeness (QED) is 0.446. The van der Waals surface area contributed by atoms with Gasteiger partial charge in [0.15, 0.2) is 5.58 Å². The molecular weight excluding hydrogens is 310 g/mol. The number of carbonyl (C=O) groups is 1. The van der Waals surface area contributed by atoms with E-state index >= 15 is 0 Å². The number of nitro groups is 1. The Hall–Kier alpha value is -3.48. The Morgan fingerprint density at radius 3 is 2.83 bits per heavy atom. The second-order valence-electron chi connectivity index (χ2n) is 4.96. The van der Waals surface area contributed by atoms with Crippen LogP contribution in [0.25, 0.3) is 22.6 Å². The molecule has 0 unspecified atom stereocenters. The second kappa shape index (κ2) is 6.33. The molecule has 2 aromatic carbocycles. The fourth-order valence-electron chi connectivity index (χ4n) is 2.25. The maximum Gasteiger partial charge on any atom is 0.273 e. The molecule has 3 rings (SSSR count). The molecule has 0 aliphatic rings. The number of amides is 1. The molecule has 0 saturated heterocycles. The smallest absolute Gasteiger partial charge is 0.273 e. The van der Waals surface area contributed by atoms with Crippen LogP contribution in [0.2, 0.25) is 0 Å². The molecule has 7 heteroatoms. The van der Waals surface area contributed by atoms with Crippen molar-refractivity contribution in [2.24, 2.45) is 0 Å². The van der Waals surface area contributed by atoms with Gasteiger partial charge in [-0.15, -0.1) is 0 Å². The summed E-state index contributed by atoms with van der Waals surface area (Å²) in [5.74, 6) is 0.0126. The molecule has 120 valence electrons. The third-order valence-corrected chi connectivity index (χ3v) is 3.32. The molecule has 1 heterocycles. The summed E-state index contributed by atoms with van der Waals surface area (Å²) >= 11 is 0. The molecule has 0 aliphatic carbocycles. The molecule has 0 bridgehead atoms. The van der Waals surface area contributed by atoms with E-state index in [0.29, 0.717) is 22.4 Å². The van der Waals surface area contributed by atoms with Gasteiger partial charge in [0.1, 0.15) is 5.52 Å². The van der Waals surface area contributed by atoms with Gasteiger partial charge in [0.05, 0.1) is 22.2 Å². The molecule has 0 radical (unpaired) electrons. The van der Waals surface area contributed by atoms with E-state index in [4.69, 9.17) is 4.42 Å². The molecule has 24 heavy (non-hydrogen) atoms. The third kappa shape index (κ3) is 3.00. The summed E-state index contributed by atoms with van der Waals surface area (Å²) < 4.78 is 5.64. The minimum Gasteiger partial charge on any atom is -0.436 e. The predicted molar refractivity (Wildman–Crippen MR) is 89.5 cm³/mol. The highest BCUT2D eigenvalue weighted by atomic mass is 16.6. The Bertz CT molecular complexity index is 959. The van der Waals surface area contributed by atoms with E-state index in [9.17, 15) is 14.9 Å². The highest BCUT2D eigenvalue weighted by Gasteiger charge is 2.15. The van der Waals surface area contributed by atoms with Crippen molar-refractivity contribution in [3.05, 3.63) is 64.7 Å². The standard InChI is InChI=1S/C17H13N3O4/c1-2-5-16(21)18-13-7-4-3-6-12(13)17-19-14-9-8-11(20(22)23)10-15(14)24-17/h2-10H,1H3,(H,18,21). The first-order chi connectivity index (χ1) is 11.6. The molecule has 7 nitrogen and oxygen atoms in total. The van der Waals surface area contributed by atoms with Crippen LogP contribution < -0.4 is 5.32 Å². The molecule has 1 aromatic heterocycles. The number of hydrogen-bond donors (Lipinski definition) is 1. The summed E-state index contributed by atoms with van der Waals surface area (Å²) in [4.78, 5) is 26.5. The van der Waals surface area contributed by atoms with Gasteiger partial charge in [0, 0.05) is 6.07 Å². The van der Waals surface area contributed by atoms with Crippen LogP contribution >= 0.6 is 0 Å². The number of carbonyl (C=O) groups excluding carboxylic acids is 1. The summed E-state index contributed by atoms with van der Waals surface area (Å²) in [6.07, 6.45) is 3.04. The van der Waals surface area contributed by atoms with Gasteiger partial charge in [0.2, 0.25) is 11.8 Å². The largest absolute Gasteiger partial charge is 0.436 e. The Balaban J connectivity index is 2.04. The van der Waals surface area contributed by atoms with Gasteiger partial charge < -0.3 is 9.73 Å². The molecule has 0 atom stereocenters. The van der Waals surface area contributed by atoms with Crippen LogP contribution in [-0.4, -0.2) is 15.8 Å². The summed E-state index contributed by atoms with van der Waals surface area (Å²) in [5.41, 5.74) is 1.88. The third-order valence-electron chi connectivity index (χ3n) is 3.32. The maximum absolute atomic E-state index is 11.8. The maximum atomic E-state index is 11.8. The second-order valence-corrected chi connectivity index (χ2v) is 4.96. The lowest BCUT2D eigenvalue weighted by Crippen LogP contribution is -2.08. The number of nitro benzene ring substituents is 1. The van der Waals surface area contributed by atoms with Crippen molar-refractivity contribution in [3.8, 4) is 11.5 Å². The van der Waals surface area contributed by atoms with E-state index < -0.39 is 4.92 Å². The first-order valence-corrected chi connectivity index (χ1v) is 7.16. The molecule has 1 N–H and O–H groups in total. The Labute approximate surface area is 136 Å². The Kier molecular flexibility index (Phi) is 4.07. The van der Waals surface area contributed by atoms with E-state index in [0.717, 1.165) is 0 Å². The topological polar surface area (TPSA) is 98.3 Å². The lowest BCUT2D eigenvalue weighted by atomic mass is 10.1. The fraction of sp³-hybridized carbons (Fsp3) is 0.0588. The van der Waals surface area contributed by atoms with Crippen molar-refractivity contribution in [1.82, 2.24) is 4.98 Å². The number of non-ortho nitro benzene ring substituents is 1. The zero-order valence-corrected chi connectivity index (χ0v) is 12.7. The number of oxazole rings is 1. The van der Waals surface area contributed by atoms with Gasteiger partial charge in [0.25, 0.3) is 5.69 Å². The number of benzene rings is 2. The summed E-state index contributed by atoms with van der Waals surface area (Å²) in [5, 5.41) is 13.6. The van der Waals surface area contributed by atoms with E-state index in [2.05, 4.69) is 10.3 Å². The zero-order valence-electron chi connectivity index (χ0n) is 12.7. The van der Waals surface area contributed by atoms with Crippen LogP contribution in [0, 0.1) is 10.1 Å². The Morgan fingerprint density at radius 1 is 1.29 bits per heavy atom. The number of aromatic nitrogens is 1. The predicted octanol–water partition coefficient (Wildman–Crippen LogP) is 3.92. The van der Waals surface area contributed by atoms with E-state index in [-0.39, 0.29) is 17.5 Å². The number of fused-ring (bicyclic) bond motifs is 1. The van der Waals surface area contributed by atoms with Crippen LogP contribution in [0.3, 0.4) is 0 Å². The van der Waals surface area contributed by atoms with Crippen molar-refractivity contribution >= 4 is 28.4 Å².